The van der Waals surface area contributed by atoms with Crippen molar-refractivity contribution in [2.24, 2.45) is 10.9 Å². The highest BCUT2D eigenvalue weighted by molar-refractivity contribution is 14.0. The van der Waals surface area contributed by atoms with E-state index in [4.69, 9.17) is 9.73 Å². The third-order valence-corrected chi connectivity index (χ3v) is 4.88. The lowest BCUT2D eigenvalue weighted by Gasteiger charge is -2.13. The van der Waals surface area contributed by atoms with Crippen LogP contribution < -0.4 is 20.7 Å². The third-order valence-electron chi connectivity index (χ3n) is 4.88. The van der Waals surface area contributed by atoms with E-state index >= 15 is 0 Å². The highest BCUT2D eigenvalue weighted by Crippen LogP contribution is 2.30. The van der Waals surface area contributed by atoms with Crippen LogP contribution in [0.1, 0.15) is 37.8 Å². The smallest absolute Gasteiger partial charge is 0.221 e. The van der Waals surface area contributed by atoms with E-state index in [-0.39, 0.29) is 29.9 Å². The van der Waals surface area contributed by atoms with Gasteiger partial charge < -0.3 is 20.7 Å². The first-order valence-electron chi connectivity index (χ1n) is 10.7. The monoisotopic (exact) mass is 536 g/mol. The number of benzene rings is 2. The summed E-state index contributed by atoms with van der Waals surface area (Å²) < 4.78 is 5.99. The summed E-state index contributed by atoms with van der Waals surface area (Å²) in [4.78, 5) is 15.8. The van der Waals surface area contributed by atoms with Crippen LogP contribution >= 0.6 is 24.0 Å². The van der Waals surface area contributed by atoms with Gasteiger partial charge in [-0.15, -0.1) is 24.0 Å². The van der Waals surface area contributed by atoms with Gasteiger partial charge in [-0.05, 0) is 55.9 Å². The topological polar surface area (TPSA) is 74.8 Å². The maximum absolute atomic E-state index is 11.1. The molecule has 1 amide bonds. The lowest BCUT2D eigenvalue weighted by molar-refractivity contribution is -0.114. The summed E-state index contributed by atoms with van der Waals surface area (Å²) in [6.45, 7) is 6.52. The van der Waals surface area contributed by atoms with Crippen molar-refractivity contribution in [2.45, 2.75) is 39.7 Å². The number of halogens is 1. The molecule has 0 heterocycles. The Labute approximate surface area is 202 Å². The van der Waals surface area contributed by atoms with Crippen molar-refractivity contribution in [1.29, 1.82) is 0 Å². The number of hydrogen-bond donors (Lipinski definition) is 3. The van der Waals surface area contributed by atoms with Gasteiger partial charge in [0.2, 0.25) is 5.91 Å². The Bertz CT molecular complexity index is 851. The maximum atomic E-state index is 11.1. The standard InChI is InChI=1S/C24H32N4O2.HI/c1-3-25-24(26-15-14-19-10-12-22(13-11-19)28-18(2)29)27-16-21-6-4-5-7-23(21)30-17-20-8-9-20;/h4-7,10-13,20H,3,8-9,14-17H2,1-2H3,(H,28,29)(H2,25,26,27);1H. The van der Waals surface area contributed by atoms with Crippen LogP contribution in [0.3, 0.4) is 0 Å². The molecular formula is C24H33IN4O2. The van der Waals surface area contributed by atoms with E-state index in [2.05, 4.69) is 28.9 Å². The van der Waals surface area contributed by atoms with Crippen molar-refractivity contribution < 1.29 is 9.53 Å². The number of carbonyl (C=O) groups is 1. The van der Waals surface area contributed by atoms with E-state index in [0.29, 0.717) is 6.54 Å². The van der Waals surface area contributed by atoms with Crippen LogP contribution in [0.4, 0.5) is 5.69 Å². The minimum atomic E-state index is -0.0598. The van der Waals surface area contributed by atoms with Crippen LogP contribution in [-0.4, -0.2) is 31.6 Å². The number of hydrogen-bond acceptors (Lipinski definition) is 3. The number of nitrogens with zero attached hydrogens (tertiary/aromatic N) is 1. The van der Waals surface area contributed by atoms with Gasteiger partial charge in [0.05, 0.1) is 13.2 Å². The molecule has 0 aromatic heterocycles. The number of aliphatic imine (C=N–C) groups is 1. The molecule has 1 fully saturated rings. The molecule has 0 spiro atoms. The molecule has 0 atom stereocenters. The van der Waals surface area contributed by atoms with Crippen molar-refractivity contribution in [1.82, 2.24) is 10.6 Å². The van der Waals surface area contributed by atoms with E-state index < -0.39 is 0 Å². The Hall–Kier alpha value is -2.29. The van der Waals surface area contributed by atoms with Gasteiger partial charge in [0.1, 0.15) is 5.75 Å². The first-order valence-corrected chi connectivity index (χ1v) is 10.7. The summed E-state index contributed by atoms with van der Waals surface area (Å²) in [5.74, 6) is 2.40. The molecule has 1 aliphatic rings. The maximum Gasteiger partial charge on any atom is 0.221 e. The summed E-state index contributed by atoms with van der Waals surface area (Å²) >= 11 is 0. The zero-order valence-corrected chi connectivity index (χ0v) is 20.6. The largest absolute Gasteiger partial charge is 0.493 e. The van der Waals surface area contributed by atoms with Gasteiger partial charge in [-0.3, -0.25) is 4.79 Å². The predicted octanol–water partition coefficient (Wildman–Crippen LogP) is 4.35. The number of nitrogens with one attached hydrogen (secondary N) is 3. The molecule has 0 radical (unpaired) electrons. The number of anilines is 1. The van der Waals surface area contributed by atoms with E-state index in [9.17, 15) is 4.79 Å². The molecule has 31 heavy (non-hydrogen) atoms. The molecule has 7 heteroatoms. The van der Waals surface area contributed by atoms with Gasteiger partial charge in [0.15, 0.2) is 5.96 Å². The molecule has 0 bridgehead atoms. The Morgan fingerprint density at radius 1 is 1.10 bits per heavy atom. The van der Waals surface area contributed by atoms with Crippen molar-refractivity contribution in [2.75, 3.05) is 25.0 Å². The van der Waals surface area contributed by atoms with Gasteiger partial charge in [0.25, 0.3) is 0 Å². The summed E-state index contributed by atoms with van der Waals surface area (Å²) in [5.41, 5.74) is 3.12. The Kier molecular flexibility index (Phi) is 10.6. The molecule has 1 saturated carbocycles. The van der Waals surface area contributed by atoms with Crippen molar-refractivity contribution in [3.8, 4) is 5.75 Å². The second kappa shape index (κ2) is 13.2. The summed E-state index contributed by atoms with van der Waals surface area (Å²) in [5, 5.41) is 9.48. The molecule has 3 N–H and O–H groups in total. The number of rotatable bonds is 10. The summed E-state index contributed by atoms with van der Waals surface area (Å²) in [6.07, 6.45) is 3.43. The molecule has 0 aliphatic heterocycles. The van der Waals surface area contributed by atoms with Crippen molar-refractivity contribution in [3.05, 3.63) is 59.7 Å². The average molecular weight is 536 g/mol. The molecule has 0 saturated heterocycles. The second-order valence-electron chi connectivity index (χ2n) is 7.61. The minimum Gasteiger partial charge on any atom is -0.493 e. The molecule has 2 aromatic rings. The Morgan fingerprint density at radius 2 is 1.84 bits per heavy atom. The van der Waals surface area contributed by atoms with Crippen LogP contribution in [0.15, 0.2) is 53.5 Å². The predicted molar refractivity (Wildman–Crippen MR) is 137 cm³/mol. The summed E-state index contributed by atoms with van der Waals surface area (Å²) in [7, 11) is 0. The normalized spacial score (nSPS) is 13.2. The van der Waals surface area contributed by atoms with Crippen LogP contribution in [0.5, 0.6) is 5.75 Å². The SMILES string of the molecule is CCNC(=NCc1ccccc1OCC1CC1)NCCc1ccc(NC(C)=O)cc1.I. The molecule has 6 nitrogen and oxygen atoms in total. The number of ether oxygens (including phenoxy) is 1. The van der Waals surface area contributed by atoms with Crippen LogP contribution in [0, 0.1) is 5.92 Å². The Balaban J connectivity index is 0.00000341. The van der Waals surface area contributed by atoms with E-state index in [1.807, 2.05) is 42.5 Å². The quantitative estimate of drug-likeness (QED) is 0.240. The van der Waals surface area contributed by atoms with E-state index in [0.717, 1.165) is 55.0 Å². The van der Waals surface area contributed by atoms with Crippen molar-refractivity contribution in [3.63, 3.8) is 0 Å². The fourth-order valence-corrected chi connectivity index (χ4v) is 3.06. The van der Waals surface area contributed by atoms with Gasteiger partial charge in [-0.1, -0.05) is 30.3 Å². The Morgan fingerprint density at radius 3 is 2.52 bits per heavy atom. The molecule has 168 valence electrons. The summed E-state index contributed by atoms with van der Waals surface area (Å²) in [6, 6.07) is 16.1. The first kappa shape index (κ1) is 25.0. The van der Waals surface area contributed by atoms with Gasteiger partial charge in [-0.25, -0.2) is 4.99 Å². The number of amides is 1. The number of carbonyl (C=O) groups excluding carboxylic acids is 1. The van der Waals surface area contributed by atoms with Crippen LogP contribution in [-0.2, 0) is 17.8 Å². The zero-order chi connectivity index (χ0) is 21.2. The number of para-hydroxylation sites is 1. The van der Waals surface area contributed by atoms with Gasteiger partial charge >= 0.3 is 0 Å². The second-order valence-corrected chi connectivity index (χ2v) is 7.61. The number of guanidine groups is 1. The molecule has 2 aromatic carbocycles. The zero-order valence-electron chi connectivity index (χ0n) is 18.3. The van der Waals surface area contributed by atoms with Crippen molar-refractivity contribution >= 4 is 41.5 Å². The van der Waals surface area contributed by atoms with Crippen LogP contribution in [0.2, 0.25) is 0 Å². The van der Waals surface area contributed by atoms with Gasteiger partial charge in [-0.2, -0.15) is 0 Å². The minimum absolute atomic E-state index is 0. The van der Waals surface area contributed by atoms with E-state index in [1.54, 1.807) is 0 Å². The highest BCUT2D eigenvalue weighted by atomic mass is 127. The molecule has 0 unspecified atom stereocenters. The van der Waals surface area contributed by atoms with Gasteiger partial charge in [0, 0.05) is 31.3 Å². The molecular weight excluding hydrogens is 503 g/mol. The fourth-order valence-electron chi connectivity index (χ4n) is 3.06. The first-order chi connectivity index (χ1) is 14.6. The van der Waals surface area contributed by atoms with E-state index in [1.165, 1.54) is 25.3 Å². The lowest BCUT2D eigenvalue weighted by Crippen LogP contribution is -2.38. The highest BCUT2D eigenvalue weighted by Gasteiger charge is 2.22. The third kappa shape index (κ3) is 9.16. The lowest BCUT2D eigenvalue weighted by atomic mass is 10.1. The molecule has 1 aliphatic carbocycles. The van der Waals surface area contributed by atoms with Crippen LogP contribution in [0.25, 0.3) is 0 Å². The molecule has 3 rings (SSSR count). The average Bonchev–Trinajstić information content (AvgIpc) is 3.56. The fraction of sp³-hybridized carbons (Fsp3) is 0.417.